The Morgan fingerprint density at radius 2 is 2.00 bits per heavy atom. The Morgan fingerprint density at radius 1 is 1.38 bits per heavy atom. The fraction of sp³-hybridized carbons (Fsp3) is 0.333. The second kappa shape index (κ2) is 3.64. The van der Waals surface area contributed by atoms with Crippen LogP contribution in [0, 0.1) is 0 Å². The largest absolute Gasteiger partial charge is 0.508 e. The Morgan fingerprint density at radius 3 is 2.54 bits per heavy atom. The molecular weight excluding hydrogens is 168 g/mol. The second-order valence-electron chi connectivity index (χ2n) is 3.08. The van der Waals surface area contributed by atoms with Gasteiger partial charge in [-0.25, -0.2) is 0 Å². The van der Waals surface area contributed by atoms with Crippen LogP contribution in [-0.2, 0) is 0 Å². The quantitative estimate of drug-likeness (QED) is 0.392. The first-order valence-corrected chi connectivity index (χ1v) is 4.04. The molecule has 0 saturated heterocycles. The molecule has 0 aliphatic carbocycles. The number of benzene rings is 1. The molecular formula is C9H14N2O2. The van der Waals surface area contributed by atoms with Gasteiger partial charge in [-0.15, -0.1) is 0 Å². The van der Waals surface area contributed by atoms with E-state index in [4.69, 9.17) is 11.5 Å². The average molecular weight is 182 g/mol. The molecule has 0 heterocycles. The Balaban J connectivity index is 3.05. The van der Waals surface area contributed by atoms with Crippen molar-refractivity contribution in [3.8, 4) is 5.75 Å². The normalized spacial score (nSPS) is 15.3. The van der Waals surface area contributed by atoms with Gasteiger partial charge in [-0.1, -0.05) is 0 Å². The minimum atomic E-state index is -0.715. The molecule has 0 bridgehead atoms. The number of phenolic OH excluding ortho intramolecular Hbond substituents is 1. The van der Waals surface area contributed by atoms with E-state index in [9.17, 15) is 10.2 Å². The van der Waals surface area contributed by atoms with Crippen LogP contribution in [0.2, 0.25) is 0 Å². The van der Waals surface area contributed by atoms with Crippen molar-refractivity contribution in [3.63, 3.8) is 0 Å². The van der Waals surface area contributed by atoms with E-state index < -0.39 is 12.1 Å². The third-order valence-electron chi connectivity index (χ3n) is 1.93. The summed E-state index contributed by atoms with van der Waals surface area (Å²) in [5.74, 6) is 0.0580. The molecule has 0 amide bonds. The molecule has 0 aliphatic heterocycles. The Kier molecular flexibility index (Phi) is 2.75. The highest BCUT2D eigenvalue weighted by Crippen LogP contribution is 2.26. The maximum atomic E-state index is 9.41. The van der Waals surface area contributed by atoms with Crippen LogP contribution in [0.15, 0.2) is 18.2 Å². The number of rotatable bonds is 2. The third kappa shape index (κ3) is 2.11. The number of phenols is 1. The fourth-order valence-electron chi connectivity index (χ4n) is 1.10. The zero-order chi connectivity index (χ0) is 10.0. The Labute approximate surface area is 76.8 Å². The summed E-state index contributed by atoms with van der Waals surface area (Å²) in [4.78, 5) is 0. The van der Waals surface area contributed by atoms with Gasteiger partial charge in [-0.2, -0.15) is 0 Å². The van der Waals surface area contributed by atoms with Gasteiger partial charge >= 0.3 is 0 Å². The first-order valence-electron chi connectivity index (χ1n) is 4.04. The van der Waals surface area contributed by atoms with E-state index in [1.54, 1.807) is 19.1 Å². The van der Waals surface area contributed by atoms with Gasteiger partial charge in [0, 0.05) is 11.3 Å². The van der Waals surface area contributed by atoms with Gasteiger partial charge in [0.1, 0.15) is 5.75 Å². The van der Waals surface area contributed by atoms with Gasteiger partial charge in [0.15, 0.2) is 0 Å². The van der Waals surface area contributed by atoms with Crippen LogP contribution >= 0.6 is 0 Å². The number of anilines is 1. The lowest BCUT2D eigenvalue weighted by Crippen LogP contribution is -2.23. The number of aliphatic hydroxyl groups excluding tert-OH is 1. The molecule has 1 aromatic carbocycles. The molecule has 6 N–H and O–H groups in total. The van der Waals surface area contributed by atoms with Crippen LogP contribution in [-0.4, -0.2) is 16.3 Å². The van der Waals surface area contributed by atoms with Crippen molar-refractivity contribution in [2.24, 2.45) is 5.73 Å². The van der Waals surface area contributed by atoms with Gasteiger partial charge in [0.25, 0.3) is 0 Å². The molecule has 2 atom stereocenters. The molecule has 0 fully saturated rings. The lowest BCUT2D eigenvalue weighted by molar-refractivity contribution is 0.163. The average Bonchev–Trinajstić information content (AvgIpc) is 2.08. The lowest BCUT2D eigenvalue weighted by atomic mass is 10.0. The molecule has 1 aromatic rings. The predicted octanol–water partition coefficient (Wildman–Crippen LogP) is 0.355. The smallest absolute Gasteiger partial charge is 0.120 e. The second-order valence-corrected chi connectivity index (χ2v) is 3.08. The van der Waals surface area contributed by atoms with Crippen LogP contribution in [0.3, 0.4) is 0 Å². The Bertz CT molecular complexity index is 300. The maximum Gasteiger partial charge on any atom is 0.120 e. The fourth-order valence-corrected chi connectivity index (χ4v) is 1.10. The van der Waals surface area contributed by atoms with Gasteiger partial charge in [-0.05, 0) is 25.1 Å². The van der Waals surface area contributed by atoms with Crippen LogP contribution in [0.25, 0.3) is 0 Å². The number of nitrogens with two attached hydrogens (primary N) is 2. The summed E-state index contributed by atoms with van der Waals surface area (Å²) < 4.78 is 0. The minimum absolute atomic E-state index is 0.0580. The molecule has 72 valence electrons. The van der Waals surface area contributed by atoms with Crippen molar-refractivity contribution in [3.05, 3.63) is 23.8 Å². The molecule has 4 nitrogen and oxygen atoms in total. The number of hydrogen-bond donors (Lipinski definition) is 4. The molecule has 4 heteroatoms. The zero-order valence-electron chi connectivity index (χ0n) is 7.44. The van der Waals surface area contributed by atoms with Gasteiger partial charge in [0.2, 0.25) is 0 Å². The summed E-state index contributed by atoms with van der Waals surface area (Å²) in [5.41, 5.74) is 12.1. The van der Waals surface area contributed by atoms with Crippen molar-refractivity contribution >= 4 is 5.69 Å². The highest BCUT2D eigenvalue weighted by Gasteiger charge is 2.15. The predicted molar refractivity (Wildman–Crippen MR) is 51.1 cm³/mol. The molecule has 1 rings (SSSR count). The van der Waals surface area contributed by atoms with E-state index >= 15 is 0 Å². The molecule has 13 heavy (non-hydrogen) atoms. The molecule has 0 aliphatic rings. The molecule has 0 spiro atoms. The van der Waals surface area contributed by atoms with E-state index in [1.165, 1.54) is 6.07 Å². The third-order valence-corrected chi connectivity index (χ3v) is 1.93. The standard InChI is InChI=1S/C9H14N2O2/c1-5(12)9(11)7-4-6(10)2-3-8(7)13/h2-5,9,12-13H,10-11H2,1H3/t5-,9+/m1/s1. The summed E-state index contributed by atoms with van der Waals surface area (Å²) >= 11 is 0. The SMILES string of the molecule is C[C@@H](O)[C@H](N)c1cc(N)ccc1O. The number of nitrogen functional groups attached to an aromatic ring is 1. The van der Waals surface area contributed by atoms with E-state index in [0.29, 0.717) is 11.3 Å². The summed E-state index contributed by atoms with van der Waals surface area (Å²) in [7, 11) is 0. The first-order chi connectivity index (χ1) is 6.02. The summed E-state index contributed by atoms with van der Waals surface area (Å²) in [6.45, 7) is 1.56. The van der Waals surface area contributed by atoms with E-state index in [2.05, 4.69) is 0 Å². The van der Waals surface area contributed by atoms with Crippen molar-refractivity contribution in [2.45, 2.75) is 19.1 Å². The van der Waals surface area contributed by atoms with E-state index in [0.717, 1.165) is 0 Å². The summed E-state index contributed by atoms with van der Waals surface area (Å²) in [6.07, 6.45) is -0.715. The molecule has 0 aromatic heterocycles. The van der Waals surface area contributed by atoms with Crippen LogP contribution in [0.4, 0.5) is 5.69 Å². The Hall–Kier alpha value is -1.26. The van der Waals surface area contributed by atoms with E-state index in [-0.39, 0.29) is 5.75 Å². The van der Waals surface area contributed by atoms with Gasteiger partial charge in [0.05, 0.1) is 12.1 Å². The number of aliphatic hydroxyl groups is 1. The zero-order valence-corrected chi connectivity index (χ0v) is 7.44. The van der Waals surface area contributed by atoms with Crippen molar-refractivity contribution in [1.82, 2.24) is 0 Å². The molecule has 0 saturated carbocycles. The van der Waals surface area contributed by atoms with Gasteiger partial charge in [-0.3, -0.25) is 0 Å². The lowest BCUT2D eigenvalue weighted by Gasteiger charge is -2.16. The first kappa shape index (κ1) is 9.83. The van der Waals surface area contributed by atoms with Crippen LogP contribution in [0.1, 0.15) is 18.5 Å². The summed E-state index contributed by atoms with van der Waals surface area (Å²) in [6, 6.07) is 4.00. The van der Waals surface area contributed by atoms with Crippen molar-refractivity contribution < 1.29 is 10.2 Å². The van der Waals surface area contributed by atoms with Crippen molar-refractivity contribution in [2.75, 3.05) is 5.73 Å². The highest BCUT2D eigenvalue weighted by atomic mass is 16.3. The van der Waals surface area contributed by atoms with E-state index in [1.807, 2.05) is 0 Å². The van der Waals surface area contributed by atoms with Crippen LogP contribution < -0.4 is 11.5 Å². The minimum Gasteiger partial charge on any atom is -0.508 e. The topological polar surface area (TPSA) is 92.5 Å². The monoisotopic (exact) mass is 182 g/mol. The molecule has 0 radical (unpaired) electrons. The summed E-state index contributed by atoms with van der Waals surface area (Å²) in [5, 5.41) is 18.6. The number of hydrogen-bond acceptors (Lipinski definition) is 4. The maximum absolute atomic E-state index is 9.41. The number of aromatic hydroxyl groups is 1. The highest BCUT2D eigenvalue weighted by molar-refractivity contribution is 5.48. The van der Waals surface area contributed by atoms with Crippen LogP contribution in [0.5, 0.6) is 5.75 Å². The van der Waals surface area contributed by atoms with Crippen molar-refractivity contribution in [1.29, 1.82) is 0 Å². The van der Waals surface area contributed by atoms with Gasteiger partial charge < -0.3 is 21.7 Å². The molecule has 0 unspecified atom stereocenters.